The van der Waals surface area contributed by atoms with Gasteiger partial charge in [-0.2, -0.15) is 0 Å². The summed E-state index contributed by atoms with van der Waals surface area (Å²) >= 11 is 0. The number of hydrogen-bond donors (Lipinski definition) is 4. The molecule has 0 spiro atoms. The molecule has 2 aliphatic carbocycles. The molecule has 2 rings (SSSR count). The van der Waals surface area contributed by atoms with Gasteiger partial charge in [0.2, 0.25) is 0 Å². The first-order valence-corrected chi connectivity index (χ1v) is 11.8. The molecule has 0 saturated heterocycles. The Bertz CT molecular complexity index is 657. The lowest BCUT2D eigenvalue weighted by molar-refractivity contribution is -0.0818. The van der Waals surface area contributed by atoms with Gasteiger partial charge >= 0.3 is 12.2 Å². The third kappa shape index (κ3) is 12.4. The molecule has 0 aliphatic heterocycles. The van der Waals surface area contributed by atoms with Gasteiger partial charge in [0.15, 0.2) is 12.6 Å². The Labute approximate surface area is 202 Å². The van der Waals surface area contributed by atoms with Gasteiger partial charge in [-0.15, -0.1) is 0 Å². The summed E-state index contributed by atoms with van der Waals surface area (Å²) < 4.78 is 19.6. The normalized spacial score (nSPS) is 22.1. The number of aliphatic hydroxyl groups excluding tert-OH is 2. The molecule has 2 saturated carbocycles. The molecule has 10 nitrogen and oxygen atoms in total. The van der Waals surface area contributed by atoms with Gasteiger partial charge in [0.1, 0.15) is 13.2 Å². The highest BCUT2D eigenvalue weighted by molar-refractivity contribution is 5.67. The number of amides is 2. The smallest absolute Gasteiger partial charge is 0.407 e. The Kier molecular flexibility index (Phi) is 14.5. The van der Waals surface area contributed by atoms with Crippen molar-refractivity contribution in [2.75, 3.05) is 39.5 Å². The molecule has 34 heavy (non-hydrogen) atoms. The molecular weight excluding hydrogens is 444 g/mol. The maximum atomic E-state index is 11.5. The number of carbonyl (C=O) groups excluding carboxylic acids is 2. The summed E-state index contributed by atoms with van der Waals surface area (Å²) in [5.74, 6) is 2.32. The Hall–Kier alpha value is -2.14. The van der Waals surface area contributed by atoms with Crippen LogP contribution in [0, 0.1) is 17.8 Å². The Balaban J connectivity index is 0.000000365. The topological polar surface area (TPSA) is 136 Å². The number of alkyl carbamates (subject to hydrolysis) is 2. The molecule has 2 fully saturated rings. The van der Waals surface area contributed by atoms with Gasteiger partial charge in [-0.3, -0.25) is 0 Å². The van der Waals surface area contributed by atoms with Gasteiger partial charge in [0.25, 0.3) is 0 Å². The minimum Gasteiger partial charge on any atom is -0.447 e. The van der Waals surface area contributed by atoms with E-state index in [1.807, 2.05) is 0 Å². The van der Waals surface area contributed by atoms with Crippen molar-refractivity contribution in [2.24, 2.45) is 17.8 Å². The number of aliphatic hydroxyl groups is 2. The lowest BCUT2D eigenvalue weighted by Crippen LogP contribution is -2.32. The largest absolute Gasteiger partial charge is 0.447 e. The van der Waals surface area contributed by atoms with E-state index in [1.54, 1.807) is 20.8 Å². The highest BCUT2D eigenvalue weighted by atomic mass is 16.6. The summed E-state index contributed by atoms with van der Waals surface area (Å²) in [5, 5.41) is 23.7. The van der Waals surface area contributed by atoms with Crippen molar-refractivity contribution < 1.29 is 38.7 Å². The maximum Gasteiger partial charge on any atom is 0.407 e. The lowest BCUT2D eigenvalue weighted by Gasteiger charge is -2.21. The summed E-state index contributed by atoms with van der Waals surface area (Å²) in [7, 11) is 0. The molecule has 2 aliphatic rings. The summed E-state index contributed by atoms with van der Waals surface area (Å²) in [6.45, 7) is 14.0. The van der Waals surface area contributed by atoms with Crippen molar-refractivity contribution in [3.8, 4) is 0 Å². The van der Waals surface area contributed by atoms with E-state index in [4.69, 9.17) is 24.1 Å². The number of fused-ring (bicyclic) bond motifs is 2. The van der Waals surface area contributed by atoms with Crippen molar-refractivity contribution in [1.29, 1.82) is 0 Å². The first kappa shape index (κ1) is 29.9. The number of hydrogen-bond acceptors (Lipinski definition) is 8. The molecule has 5 unspecified atom stereocenters. The van der Waals surface area contributed by atoms with E-state index in [1.165, 1.54) is 25.7 Å². The van der Waals surface area contributed by atoms with Crippen LogP contribution in [0.2, 0.25) is 0 Å². The molecule has 0 radical (unpaired) electrons. The van der Waals surface area contributed by atoms with E-state index in [2.05, 4.69) is 23.8 Å². The van der Waals surface area contributed by atoms with Crippen LogP contribution in [-0.2, 0) is 18.9 Å². The molecule has 2 amide bonds. The number of nitrogens with one attached hydrogen (secondary N) is 2. The van der Waals surface area contributed by atoms with Crippen LogP contribution in [0.1, 0.15) is 46.5 Å². The van der Waals surface area contributed by atoms with Gasteiger partial charge < -0.3 is 39.8 Å². The van der Waals surface area contributed by atoms with Gasteiger partial charge in [0, 0.05) is 13.1 Å². The van der Waals surface area contributed by atoms with E-state index in [0.29, 0.717) is 23.6 Å². The zero-order valence-corrected chi connectivity index (χ0v) is 20.7. The number of carbonyl (C=O) groups is 2. The van der Waals surface area contributed by atoms with E-state index in [9.17, 15) is 14.7 Å². The Morgan fingerprint density at radius 2 is 1.41 bits per heavy atom. The fraction of sp³-hybridized carbons (Fsp3) is 0.750. The predicted molar refractivity (Wildman–Crippen MR) is 127 cm³/mol. The molecule has 0 aromatic rings. The molecule has 0 aromatic heterocycles. The lowest BCUT2D eigenvalue weighted by atomic mass is 9.89. The highest BCUT2D eigenvalue weighted by Gasteiger charge is 2.39. The molecule has 10 heteroatoms. The van der Waals surface area contributed by atoms with Crippen molar-refractivity contribution in [1.82, 2.24) is 10.6 Å². The third-order valence-corrected chi connectivity index (χ3v) is 5.74. The van der Waals surface area contributed by atoms with Gasteiger partial charge in [-0.1, -0.05) is 19.6 Å². The summed E-state index contributed by atoms with van der Waals surface area (Å²) in [5.41, 5.74) is 1.05. The first-order chi connectivity index (χ1) is 16.1. The quantitative estimate of drug-likeness (QED) is 0.177. The number of rotatable bonds is 13. The average molecular weight is 487 g/mol. The van der Waals surface area contributed by atoms with Crippen molar-refractivity contribution >= 4 is 12.2 Å². The van der Waals surface area contributed by atoms with Crippen LogP contribution in [0.15, 0.2) is 24.3 Å². The number of ether oxygens (including phenoxy) is 4. The molecule has 0 aromatic carbocycles. The predicted octanol–water partition coefficient (Wildman–Crippen LogP) is 2.70. The van der Waals surface area contributed by atoms with E-state index >= 15 is 0 Å². The van der Waals surface area contributed by atoms with Crippen LogP contribution in [0.25, 0.3) is 0 Å². The SMILES string of the molecule is C=C(C)C(O)OCCOC(=O)NCC.C=C(C)C(O)OCCOC(=O)NCC1CC2CCC1C2. The van der Waals surface area contributed by atoms with Crippen LogP contribution in [0.4, 0.5) is 9.59 Å². The second-order valence-electron chi connectivity index (χ2n) is 8.76. The highest BCUT2D eigenvalue weighted by Crippen LogP contribution is 2.47. The minimum atomic E-state index is -0.993. The average Bonchev–Trinajstić information content (AvgIpc) is 3.42. The van der Waals surface area contributed by atoms with Crippen molar-refractivity contribution in [3.63, 3.8) is 0 Å². The van der Waals surface area contributed by atoms with E-state index in [-0.39, 0.29) is 26.4 Å². The van der Waals surface area contributed by atoms with Gasteiger partial charge in [-0.25, -0.2) is 9.59 Å². The fourth-order valence-electron chi connectivity index (χ4n) is 3.96. The zero-order valence-electron chi connectivity index (χ0n) is 20.7. The molecule has 4 N–H and O–H groups in total. The Morgan fingerprint density at radius 3 is 1.82 bits per heavy atom. The monoisotopic (exact) mass is 486 g/mol. The van der Waals surface area contributed by atoms with Crippen LogP contribution < -0.4 is 10.6 Å². The zero-order chi connectivity index (χ0) is 25.5. The van der Waals surface area contributed by atoms with Crippen LogP contribution in [-0.4, -0.2) is 74.5 Å². The fourth-order valence-corrected chi connectivity index (χ4v) is 3.96. The second-order valence-corrected chi connectivity index (χ2v) is 8.76. The Morgan fingerprint density at radius 1 is 0.882 bits per heavy atom. The molecule has 2 bridgehead atoms. The maximum absolute atomic E-state index is 11.5. The first-order valence-electron chi connectivity index (χ1n) is 11.8. The summed E-state index contributed by atoms with van der Waals surface area (Å²) in [6, 6.07) is 0. The molecular formula is C24H42N2O8. The molecule has 0 heterocycles. The van der Waals surface area contributed by atoms with Gasteiger partial charge in [-0.05, 0) is 68.9 Å². The van der Waals surface area contributed by atoms with Crippen molar-refractivity contribution in [3.05, 3.63) is 24.3 Å². The van der Waals surface area contributed by atoms with Crippen LogP contribution in [0.3, 0.4) is 0 Å². The molecule has 196 valence electrons. The van der Waals surface area contributed by atoms with Crippen LogP contribution in [0.5, 0.6) is 0 Å². The van der Waals surface area contributed by atoms with Gasteiger partial charge in [0.05, 0.1) is 13.2 Å². The molecule has 5 atom stereocenters. The standard InChI is InChI=1S/C15H25NO4.C9H17NO4/c1-10(2)14(17)19-5-6-20-15(18)16-9-13-8-11-3-4-12(13)7-11;1-4-10-9(12)14-6-5-13-8(11)7(2)3/h11-14,17H,1,3-9H2,2H3,(H,16,18);8,11H,2,4-6H2,1,3H3,(H,10,12). The second kappa shape index (κ2) is 16.5. The van der Waals surface area contributed by atoms with E-state index < -0.39 is 24.8 Å². The summed E-state index contributed by atoms with van der Waals surface area (Å²) in [4.78, 5) is 22.3. The van der Waals surface area contributed by atoms with Crippen LogP contribution >= 0.6 is 0 Å². The van der Waals surface area contributed by atoms with Crippen molar-refractivity contribution in [2.45, 2.75) is 59.0 Å². The summed E-state index contributed by atoms with van der Waals surface area (Å²) in [6.07, 6.45) is 2.41. The minimum absolute atomic E-state index is 0.107. The van der Waals surface area contributed by atoms with E-state index in [0.717, 1.165) is 18.4 Å². The third-order valence-electron chi connectivity index (χ3n) is 5.74.